The minimum absolute atomic E-state index is 0.128. The summed E-state index contributed by atoms with van der Waals surface area (Å²) in [6, 6.07) is 16.5. The molecule has 0 spiro atoms. The molecular formula is C22H28Cl2NO+. The smallest absolute Gasteiger partial charge is 0.118 e. The van der Waals surface area contributed by atoms with Crippen LogP contribution in [0.1, 0.15) is 56.8 Å². The van der Waals surface area contributed by atoms with Crippen LogP contribution in [0, 0.1) is 11.8 Å². The minimum atomic E-state index is -0.751. The predicted octanol–water partition coefficient (Wildman–Crippen LogP) is 5.16. The summed E-state index contributed by atoms with van der Waals surface area (Å²) in [7, 11) is 0. The van der Waals surface area contributed by atoms with E-state index < -0.39 is 5.60 Å². The summed E-state index contributed by atoms with van der Waals surface area (Å²) in [5.74, 6) is 0.316. The summed E-state index contributed by atoms with van der Waals surface area (Å²) in [6.07, 6.45) is 2.05. The number of benzene rings is 2. The highest BCUT2D eigenvalue weighted by Crippen LogP contribution is 2.44. The van der Waals surface area contributed by atoms with Crippen molar-refractivity contribution in [3.63, 3.8) is 0 Å². The fourth-order valence-electron chi connectivity index (χ4n) is 4.48. The van der Waals surface area contributed by atoms with Gasteiger partial charge in [-0.1, -0.05) is 67.7 Å². The summed E-state index contributed by atoms with van der Waals surface area (Å²) in [4.78, 5) is 0. The molecule has 0 saturated carbocycles. The number of quaternary nitrogens is 1. The maximum atomic E-state index is 11.5. The third-order valence-electron chi connectivity index (χ3n) is 6.17. The van der Waals surface area contributed by atoms with Crippen LogP contribution in [-0.4, -0.2) is 10.7 Å². The van der Waals surface area contributed by atoms with Crippen LogP contribution in [0.4, 0.5) is 0 Å². The largest absolute Gasteiger partial charge is 0.389 e. The van der Waals surface area contributed by atoms with Gasteiger partial charge in [0.05, 0.1) is 5.60 Å². The minimum Gasteiger partial charge on any atom is -0.389 e. The molecule has 1 aliphatic rings. The third kappa shape index (κ3) is 3.80. The maximum absolute atomic E-state index is 11.5. The molecule has 2 nitrogen and oxygen atoms in total. The molecule has 3 rings (SSSR count). The Labute approximate surface area is 166 Å². The second-order valence-corrected chi connectivity index (χ2v) is 8.63. The van der Waals surface area contributed by atoms with Gasteiger partial charge in [-0.25, -0.2) is 0 Å². The molecule has 2 aromatic carbocycles. The third-order valence-corrected chi connectivity index (χ3v) is 6.67. The highest BCUT2D eigenvalue weighted by atomic mass is 35.5. The van der Waals surface area contributed by atoms with Crippen LogP contribution in [-0.2, 0) is 0 Å². The van der Waals surface area contributed by atoms with E-state index in [0.29, 0.717) is 0 Å². The molecule has 0 bridgehead atoms. The molecule has 2 aromatic rings. The summed E-state index contributed by atoms with van der Waals surface area (Å²) < 4.78 is 0. The quantitative estimate of drug-likeness (QED) is 0.740. The van der Waals surface area contributed by atoms with Crippen molar-refractivity contribution in [2.24, 2.45) is 11.8 Å². The average Bonchev–Trinajstić information content (AvgIpc) is 2.62. The van der Waals surface area contributed by atoms with Crippen LogP contribution in [0.5, 0.6) is 0 Å². The van der Waals surface area contributed by atoms with Crippen LogP contribution in [0.2, 0.25) is 10.0 Å². The molecule has 1 saturated heterocycles. The number of piperidine rings is 1. The first-order chi connectivity index (χ1) is 12.3. The van der Waals surface area contributed by atoms with E-state index in [-0.39, 0.29) is 23.9 Å². The van der Waals surface area contributed by atoms with E-state index in [2.05, 4.69) is 43.4 Å². The van der Waals surface area contributed by atoms with Gasteiger partial charge in [0.25, 0.3) is 0 Å². The molecule has 0 unspecified atom stereocenters. The first kappa shape index (κ1) is 19.7. The highest BCUT2D eigenvalue weighted by Gasteiger charge is 2.52. The van der Waals surface area contributed by atoms with E-state index in [9.17, 15) is 5.11 Å². The SMILES string of the molecule is CCC[C@H]1[C@H](c2ccc(Cl)cc2)[NH2+][C@@H](c2ccc(Cl)cc2)[C@H](C)[C@]1(C)O. The van der Waals surface area contributed by atoms with Gasteiger partial charge in [-0.05, 0) is 37.6 Å². The maximum Gasteiger partial charge on any atom is 0.118 e. The van der Waals surface area contributed by atoms with E-state index in [0.717, 1.165) is 22.9 Å². The zero-order valence-corrected chi connectivity index (χ0v) is 17.1. The molecule has 3 N–H and O–H groups in total. The Kier molecular flexibility index (Phi) is 5.98. The topological polar surface area (TPSA) is 36.8 Å². The van der Waals surface area contributed by atoms with Crippen molar-refractivity contribution in [2.75, 3.05) is 0 Å². The Balaban J connectivity index is 2.01. The Morgan fingerprint density at radius 2 is 1.38 bits per heavy atom. The fraction of sp³-hybridized carbons (Fsp3) is 0.455. The van der Waals surface area contributed by atoms with Gasteiger partial charge in [-0.15, -0.1) is 0 Å². The van der Waals surface area contributed by atoms with Crippen molar-refractivity contribution < 1.29 is 10.4 Å². The molecule has 1 fully saturated rings. The van der Waals surface area contributed by atoms with Gasteiger partial charge in [0, 0.05) is 33.0 Å². The first-order valence-corrected chi connectivity index (χ1v) is 10.2. The van der Waals surface area contributed by atoms with Crippen LogP contribution >= 0.6 is 23.2 Å². The number of hydrogen-bond acceptors (Lipinski definition) is 1. The molecule has 1 aliphatic heterocycles. The molecule has 0 aliphatic carbocycles. The van der Waals surface area contributed by atoms with Crippen LogP contribution in [0.25, 0.3) is 0 Å². The van der Waals surface area contributed by atoms with Crippen LogP contribution in [0.3, 0.4) is 0 Å². The molecular weight excluding hydrogens is 365 g/mol. The zero-order chi connectivity index (χ0) is 18.9. The van der Waals surface area contributed by atoms with Crippen molar-refractivity contribution in [2.45, 2.75) is 51.3 Å². The molecule has 5 atom stereocenters. The molecule has 140 valence electrons. The van der Waals surface area contributed by atoms with Crippen molar-refractivity contribution in [3.8, 4) is 0 Å². The van der Waals surface area contributed by atoms with Gasteiger partial charge in [0.1, 0.15) is 12.1 Å². The lowest BCUT2D eigenvalue weighted by Crippen LogP contribution is -2.93. The van der Waals surface area contributed by atoms with Crippen molar-refractivity contribution in [1.29, 1.82) is 0 Å². The van der Waals surface area contributed by atoms with Crippen molar-refractivity contribution in [1.82, 2.24) is 0 Å². The summed E-state index contributed by atoms with van der Waals surface area (Å²) in [5, 5.41) is 15.4. The molecule has 26 heavy (non-hydrogen) atoms. The molecule has 4 heteroatoms. The Bertz CT molecular complexity index is 727. The first-order valence-electron chi connectivity index (χ1n) is 9.43. The lowest BCUT2D eigenvalue weighted by atomic mass is 9.65. The van der Waals surface area contributed by atoms with Gasteiger partial charge in [0.15, 0.2) is 0 Å². The van der Waals surface area contributed by atoms with Gasteiger partial charge >= 0.3 is 0 Å². The normalized spacial score (nSPS) is 31.8. The lowest BCUT2D eigenvalue weighted by molar-refractivity contribution is -0.764. The monoisotopic (exact) mass is 392 g/mol. The predicted molar refractivity (Wildman–Crippen MR) is 108 cm³/mol. The fourth-order valence-corrected chi connectivity index (χ4v) is 4.74. The van der Waals surface area contributed by atoms with Gasteiger partial charge < -0.3 is 10.4 Å². The van der Waals surface area contributed by atoms with E-state index in [1.807, 2.05) is 31.2 Å². The van der Waals surface area contributed by atoms with Crippen LogP contribution < -0.4 is 5.32 Å². The molecule has 1 heterocycles. The number of halogens is 2. The van der Waals surface area contributed by atoms with Crippen molar-refractivity contribution in [3.05, 3.63) is 69.7 Å². The molecule has 0 radical (unpaired) electrons. The number of hydrogen-bond donors (Lipinski definition) is 2. The molecule has 0 amide bonds. The van der Waals surface area contributed by atoms with E-state index in [1.165, 1.54) is 11.1 Å². The highest BCUT2D eigenvalue weighted by molar-refractivity contribution is 6.30. The lowest BCUT2D eigenvalue weighted by Gasteiger charge is -2.49. The Morgan fingerprint density at radius 3 is 1.85 bits per heavy atom. The number of nitrogens with two attached hydrogens (primary N) is 1. The van der Waals surface area contributed by atoms with Gasteiger partial charge in [-0.2, -0.15) is 0 Å². The van der Waals surface area contributed by atoms with Gasteiger partial charge in [-0.3, -0.25) is 0 Å². The second kappa shape index (κ2) is 7.90. The van der Waals surface area contributed by atoms with E-state index >= 15 is 0 Å². The summed E-state index contributed by atoms with van der Waals surface area (Å²) in [6.45, 7) is 6.36. The van der Waals surface area contributed by atoms with E-state index in [4.69, 9.17) is 23.2 Å². The molecule has 0 aromatic heterocycles. The average molecular weight is 393 g/mol. The van der Waals surface area contributed by atoms with Crippen LogP contribution in [0.15, 0.2) is 48.5 Å². The number of rotatable bonds is 4. The standard InChI is InChI=1S/C22H27Cl2NO/c1-4-5-19-21(16-8-12-18(24)13-9-16)25-20(14(2)22(19,3)26)15-6-10-17(23)11-7-15/h6-14,19-21,25-26H,4-5H2,1-3H3/p+1/t14-,19-,20+,21-,22-/m0/s1. The number of aliphatic hydroxyl groups is 1. The van der Waals surface area contributed by atoms with E-state index in [1.54, 1.807) is 0 Å². The Hall–Kier alpha value is -1.06. The Morgan fingerprint density at radius 1 is 0.923 bits per heavy atom. The summed E-state index contributed by atoms with van der Waals surface area (Å²) >= 11 is 12.2. The second-order valence-electron chi connectivity index (χ2n) is 7.76. The zero-order valence-electron chi connectivity index (χ0n) is 15.6. The summed E-state index contributed by atoms with van der Waals surface area (Å²) in [5.41, 5.74) is 1.68. The van der Waals surface area contributed by atoms with Crippen molar-refractivity contribution >= 4 is 23.2 Å². The van der Waals surface area contributed by atoms with Gasteiger partial charge in [0.2, 0.25) is 0 Å².